The molecule has 1 aromatic carbocycles. The summed E-state index contributed by atoms with van der Waals surface area (Å²) in [7, 11) is -2.76. The summed E-state index contributed by atoms with van der Waals surface area (Å²) in [6.07, 6.45) is 2.00. The molecular formula is C19H27NO5Si. The first-order chi connectivity index (χ1) is 12.6. The zero-order valence-corrected chi connectivity index (χ0v) is 16.7. The highest BCUT2D eigenvalue weighted by molar-refractivity contribution is 6.60. The average molecular weight is 378 g/mol. The number of benzene rings is 1. The van der Waals surface area contributed by atoms with Gasteiger partial charge in [0.1, 0.15) is 0 Å². The van der Waals surface area contributed by atoms with E-state index in [1.807, 2.05) is 51.1 Å². The van der Waals surface area contributed by atoms with Gasteiger partial charge in [0.2, 0.25) is 0 Å². The molecule has 1 aliphatic heterocycles. The van der Waals surface area contributed by atoms with E-state index in [1.165, 1.54) is 11.0 Å². The summed E-state index contributed by atoms with van der Waals surface area (Å²) in [5.41, 5.74) is 1.20. The maximum Gasteiger partial charge on any atom is 0.500 e. The Balaban J connectivity index is 1.99. The van der Waals surface area contributed by atoms with Crippen molar-refractivity contribution in [3.8, 4) is 0 Å². The Morgan fingerprint density at radius 3 is 2.04 bits per heavy atom. The SMILES string of the molecule is CCO[Si](CCCN1C(=O)C=C(c2ccccc2)C1=O)(OCC)OCC. The molecule has 1 aliphatic rings. The van der Waals surface area contributed by atoms with Crippen molar-refractivity contribution < 1.29 is 22.9 Å². The smallest absolute Gasteiger partial charge is 0.374 e. The molecule has 0 saturated carbocycles. The lowest BCUT2D eigenvalue weighted by Crippen LogP contribution is -2.46. The van der Waals surface area contributed by atoms with Gasteiger partial charge in [-0.25, -0.2) is 0 Å². The molecule has 7 heteroatoms. The summed E-state index contributed by atoms with van der Waals surface area (Å²) in [6.45, 7) is 7.57. The molecule has 0 spiro atoms. The van der Waals surface area contributed by atoms with Crippen molar-refractivity contribution in [1.82, 2.24) is 4.90 Å². The van der Waals surface area contributed by atoms with E-state index in [-0.39, 0.29) is 11.8 Å². The van der Waals surface area contributed by atoms with Crippen LogP contribution in [0, 0.1) is 0 Å². The van der Waals surface area contributed by atoms with Crippen molar-refractivity contribution in [2.75, 3.05) is 26.4 Å². The first-order valence-corrected chi connectivity index (χ1v) is 11.0. The molecule has 0 unspecified atom stereocenters. The minimum absolute atomic E-state index is 0.252. The van der Waals surface area contributed by atoms with Crippen molar-refractivity contribution in [3.63, 3.8) is 0 Å². The summed E-state index contributed by atoms with van der Waals surface area (Å²) < 4.78 is 17.4. The topological polar surface area (TPSA) is 65.1 Å². The Hall–Kier alpha value is -1.80. The Bertz CT molecular complexity index is 630. The molecule has 0 saturated heterocycles. The molecule has 0 N–H and O–H groups in total. The van der Waals surface area contributed by atoms with E-state index in [1.54, 1.807) is 0 Å². The van der Waals surface area contributed by atoms with Gasteiger partial charge in [-0.3, -0.25) is 14.5 Å². The van der Waals surface area contributed by atoms with Gasteiger partial charge in [-0.1, -0.05) is 30.3 Å². The summed E-state index contributed by atoms with van der Waals surface area (Å²) in [4.78, 5) is 26.1. The summed E-state index contributed by atoms with van der Waals surface area (Å²) in [5.74, 6) is -0.525. The molecule has 26 heavy (non-hydrogen) atoms. The number of rotatable bonds is 11. The number of hydrogen-bond acceptors (Lipinski definition) is 5. The maximum absolute atomic E-state index is 12.6. The Kier molecular flexibility index (Phi) is 7.71. The van der Waals surface area contributed by atoms with Crippen molar-refractivity contribution in [2.24, 2.45) is 0 Å². The highest BCUT2D eigenvalue weighted by atomic mass is 28.4. The van der Waals surface area contributed by atoms with Gasteiger partial charge in [-0.2, -0.15) is 0 Å². The predicted octanol–water partition coefficient (Wildman–Crippen LogP) is 2.88. The normalized spacial score (nSPS) is 14.9. The molecular weight excluding hydrogens is 350 g/mol. The lowest BCUT2D eigenvalue weighted by atomic mass is 10.1. The average Bonchev–Trinajstić information content (AvgIpc) is 2.91. The second-order valence-corrected chi connectivity index (χ2v) is 8.54. The largest absolute Gasteiger partial charge is 0.500 e. The molecule has 0 aromatic heterocycles. The standard InChI is InChI=1S/C19H27NO5Si/c1-4-23-26(24-5-2,25-6-3)14-10-13-20-18(21)15-17(19(20)22)16-11-8-7-9-12-16/h7-9,11-12,15H,4-6,10,13-14H2,1-3H3. The molecule has 6 nitrogen and oxygen atoms in total. The van der Waals surface area contributed by atoms with Gasteiger partial charge in [0, 0.05) is 38.5 Å². The van der Waals surface area contributed by atoms with Gasteiger partial charge >= 0.3 is 8.80 Å². The quantitative estimate of drug-likeness (QED) is 0.438. The van der Waals surface area contributed by atoms with Crippen LogP contribution in [0.4, 0.5) is 0 Å². The highest BCUT2D eigenvalue weighted by Crippen LogP contribution is 2.25. The fourth-order valence-electron chi connectivity index (χ4n) is 3.00. The number of amides is 2. The Morgan fingerprint density at radius 1 is 0.923 bits per heavy atom. The van der Waals surface area contributed by atoms with E-state index in [2.05, 4.69) is 0 Å². The lowest BCUT2D eigenvalue weighted by molar-refractivity contribution is -0.136. The third kappa shape index (κ3) is 4.88. The third-order valence-corrected chi connectivity index (χ3v) is 7.20. The molecule has 2 rings (SSSR count). The minimum atomic E-state index is -2.76. The molecule has 0 radical (unpaired) electrons. The van der Waals surface area contributed by atoms with Gasteiger partial charge in [-0.05, 0) is 32.8 Å². The van der Waals surface area contributed by atoms with Gasteiger partial charge in [0.25, 0.3) is 11.8 Å². The van der Waals surface area contributed by atoms with Gasteiger partial charge < -0.3 is 13.3 Å². The summed E-state index contributed by atoms with van der Waals surface area (Å²) in [6, 6.07) is 9.81. The summed E-state index contributed by atoms with van der Waals surface area (Å²) >= 11 is 0. The number of carbonyl (C=O) groups is 2. The van der Waals surface area contributed by atoms with E-state index in [9.17, 15) is 9.59 Å². The predicted molar refractivity (Wildman–Crippen MR) is 101 cm³/mol. The van der Waals surface area contributed by atoms with Gasteiger partial charge in [0.15, 0.2) is 0 Å². The molecule has 1 heterocycles. The minimum Gasteiger partial charge on any atom is -0.374 e. The zero-order valence-electron chi connectivity index (χ0n) is 15.7. The first kappa shape index (κ1) is 20.5. The van der Waals surface area contributed by atoms with Crippen LogP contribution >= 0.6 is 0 Å². The molecule has 0 atom stereocenters. The van der Waals surface area contributed by atoms with Crippen molar-refractivity contribution >= 4 is 26.2 Å². The van der Waals surface area contributed by atoms with Gasteiger partial charge in [-0.15, -0.1) is 0 Å². The monoisotopic (exact) mass is 377 g/mol. The number of imide groups is 1. The van der Waals surface area contributed by atoms with Crippen molar-refractivity contribution in [2.45, 2.75) is 33.2 Å². The lowest BCUT2D eigenvalue weighted by Gasteiger charge is -2.29. The van der Waals surface area contributed by atoms with Crippen molar-refractivity contribution in [3.05, 3.63) is 42.0 Å². The highest BCUT2D eigenvalue weighted by Gasteiger charge is 2.40. The fourth-order valence-corrected chi connectivity index (χ4v) is 5.59. The zero-order chi connectivity index (χ0) is 19.0. The number of hydrogen-bond donors (Lipinski definition) is 0. The van der Waals surface area contributed by atoms with Crippen LogP contribution in [0.5, 0.6) is 0 Å². The van der Waals surface area contributed by atoms with E-state index in [4.69, 9.17) is 13.3 Å². The Morgan fingerprint density at radius 2 is 1.50 bits per heavy atom. The van der Waals surface area contributed by atoms with Crippen LogP contribution < -0.4 is 0 Å². The molecule has 0 bridgehead atoms. The second-order valence-electron chi connectivity index (χ2n) is 5.80. The van der Waals surface area contributed by atoms with E-state index >= 15 is 0 Å². The summed E-state index contributed by atoms with van der Waals surface area (Å²) in [5, 5.41) is 0. The fraction of sp³-hybridized carbons (Fsp3) is 0.474. The van der Waals surface area contributed by atoms with E-state index in [0.29, 0.717) is 44.4 Å². The number of nitrogens with zero attached hydrogens (tertiary/aromatic N) is 1. The van der Waals surface area contributed by atoms with Crippen LogP contribution in [0.3, 0.4) is 0 Å². The van der Waals surface area contributed by atoms with Crippen LogP contribution in [-0.2, 0) is 22.9 Å². The van der Waals surface area contributed by atoms with Crippen LogP contribution in [-0.4, -0.2) is 51.9 Å². The first-order valence-electron chi connectivity index (χ1n) is 9.11. The van der Waals surface area contributed by atoms with E-state index < -0.39 is 8.80 Å². The molecule has 0 fully saturated rings. The number of carbonyl (C=O) groups excluding carboxylic acids is 2. The second kappa shape index (κ2) is 9.77. The van der Waals surface area contributed by atoms with Crippen LogP contribution in [0.15, 0.2) is 36.4 Å². The molecule has 142 valence electrons. The van der Waals surface area contributed by atoms with Gasteiger partial charge in [0.05, 0.1) is 5.57 Å². The van der Waals surface area contributed by atoms with Crippen LogP contribution in [0.1, 0.15) is 32.8 Å². The Labute approximate surface area is 156 Å². The van der Waals surface area contributed by atoms with Crippen LogP contribution in [0.25, 0.3) is 5.57 Å². The molecule has 1 aromatic rings. The van der Waals surface area contributed by atoms with E-state index in [0.717, 1.165) is 5.56 Å². The molecule has 0 aliphatic carbocycles. The molecule has 2 amide bonds. The maximum atomic E-state index is 12.6. The third-order valence-electron chi connectivity index (χ3n) is 4.05. The van der Waals surface area contributed by atoms with Crippen LogP contribution in [0.2, 0.25) is 6.04 Å². The van der Waals surface area contributed by atoms with Crippen molar-refractivity contribution in [1.29, 1.82) is 0 Å².